The van der Waals surface area contributed by atoms with Crippen LogP contribution < -0.4 is 20.1 Å². The van der Waals surface area contributed by atoms with Gasteiger partial charge in [-0.2, -0.15) is 0 Å². The largest absolute Gasteiger partial charge is 0.454 e. The average molecular weight is 497 g/mol. The number of nitrogens with zero attached hydrogens (tertiary/aromatic N) is 1. The first kappa shape index (κ1) is 22.3. The van der Waals surface area contributed by atoms with Crippen LogP contribution in [0.1, 0.15) is 23.6 Å². The van der Waals surface area contributed by atoms with Crippen LogP contribution in [0, 0.1) is 0 Å². The van der Waals surface area contributed by atoms with E-state index in [-0.39, 0.29) is 24.0 Å². The first-order valence-corrected chi connectivity index (χ1v) is 9.27. The van der Waals surface area contributed by atoms with Crippen LogP contribution in [0.5, 0.6) is 11.5 Å². The van der Waals surface area contributed by atoms with Crippen molar-refractivity contribution >= 4 is 29.9 Å². The molecule has 2 N–H and O–H groups in total. The molecule has 0 fully saturated rings. The first-order valence-electron chi connectivity index (χ1n) is 9.27. The summed E-state index contributed by atoms with van der Waals surface area (Å²) >= 11 is 0. The van der Waals surface area contributed by atoms with Crippen molar-refractivity contribution in [2.75, 3.05) is 27.0 Å². The van der Waals surface area contributed by atoms with Crippen LogP contribution in [0.3, 0.4) is 0 Å². The summed E-state index contributed by atoms with van der Waals surface area (Å²) < 4.78 is 16.3. The number of guanidine groups is 1. The first-order chi connectivity index (χ1) is 13.3. The highest BCUT2D eigenvalue weighted by atomic mass is 127. The van der Waals surface area contributed by atoms with Crippen molar-refractivity contribution < 1.29 is 14.2 Å². The van der Waals surface area contributed by atoms with Gasteiger partial charge in [0.15, 0.2) is 17.5 Å². The van der Waals surface area contributed by atoms with Crippen LogP contribution in [-0.2, 0) is 24.3 Å². The van der Waals surface area contributed by atoms with Gasteiger partial charge in [-0.25, -0.2) is 0 Å². The molecule has 2 aromatic carbocycles. The van der Waals surface area contributed by atoms with Crippen molar-refractivity contribution in [1.29, 1.82) is 0 Å². The Morgan fingerprint density at radius 2 is 1.86 bits per heavy atom. The highest BCUT2D eigenvalue weighted by molar-refractivity contribution is 14.0. The average Bonchev–Trinajstić information content (AvgIpc) is 3.17. The second-order valence-corrected chi connectivity index (χ2v) is 6.20. The fourth-order valence-corrected chi connectivity index (χ4v) is 2.90. The molecule has 6 nitrogen and oxygen atoms in total. The van der Waals surface area contributed by atoms with Crippen molar-refractivity contribution in [3.8, 4) is 11.5 Å². The van der Waals surface area contributed by atoms with Crippen LogP contribution in [-0.4, -0.2) is 33.0 Å². The van der Waals surface area contributed by atoms with E-state index in [2.05, 4.69) is 33.8 Å². The van der Waals surface area contributed by atoms with E-state index < -0.39 is 0 Å². The minimum Gasteiger partial charge on any atom is -0.454 e. The van der Waals surface area contributed by atoms with E-state index in [1.807, 2.05) is 31.2 Å². The smallest absolute Gasteiger partial charge is 0.231 e. The van der Waals surface area contributed by atoms with E-state index >= 15 is 0 Å². The van der Waals surface area contributed by atoms with E-state index in [1.165, 1.54) is 16.7 Å². The summed E-state index contributed by atoms with van der Waals surface area (Å²) in [5.41, 5.74) is 3.61. The molecule has 1 aliphatic rings. The molecule has 0 spiro atoms. The highest BCUT2D eigenvalue weighted by Crippen LogP contribution is 2.32. The maximum absolute atomic E-state index is 5.55. The minimum absolute atomic E-state index is 0. The van der Waals surface area contributed by atoms with Crippen LogP contribution in [0.4, 0.5) is 0 Å². The predicted octanol–water partition coefficient (Wildman–Crippen LogP) is 3.48. The third-order valence-corrected chi connectivity index (χ3v) is 4.39. The summed E-state index contributed by atoms with van der Waals surface area (Å²) in [6.45, 7) is 5.13. The number of ether oxygens (including phenoxy) is 3. The molecule has 0 saturated heterocycles. The van der Waals surface area contributed by atoms with Gasteiger partial charge in [0.2, 0.25) is 6.79 Å². The van der Waals surface area contributed by atoms with Crippen LogP contribution in [0.25, 0.3) is 0 Å². The molecule has 0 radical (unpaired) electrons. The normalized spacial score (nSPS) is 12.4. The lowest BCUT2D eigenvalue weighted by Gasteiger charge is -2.14. The molecule has 0 aromatic heterocycles. The predicted molar refractivity (Wildman–Crippen MR) is 122 cm³/mol. The van der Waals surface area contributed by atoms with Gasteiger partial charge in [-0.05, 0) is 42.2 Å². The summed E-state index contributed by atoms with van der Waals surface area (Å²) in [4.78, 5) is 4.30. The van der Waals surface area contributed by atoms with Crippen LogP contribution in [0.2, 0.25) is 0 Å². The molecule has 0 bridgehead atoms. The molecule has 0 atom stereocenters. The number of nitrogens with one attached hydrogen (secondary N) is 2. The Kier molecular flexibility index (Phi) is 9.36. The lowest BCUT2D eigenvalue weighted by Crippen LogP contribution is -2.38. The molecule has 0 unspecified atom stereocenters. The lowest BCUT2D eigenvalue weighted by molar-refractivity contribution is 0.133. The van der Waals surface area contributed by atoms with E-state index in [0.29, 0.717) is 26.6 Å². The Bertz CT molecular complexity index is 783. The van der Waals surface area contributed by atoms with Crippen molar-refractivity contribution in [3.05, 3.63) is 59.2 Å². The number of fused-ring (bicyclic) bond motifs is 1. The van der Waals surface area contributed by atoms with E-state index in [4.69, 9.17) is 14.2 Å². The van der Waals surface area contributed by atoms with Crippen molar-refractivity contribution in [3.63, 3.8) is 0 Å². The Labute approximate surface area is 183 Å². The minimum atomic E-state index is 0. The number of rotatable bonds is 8. The molecule has 2 aromatic rings. The zero-order valence-electron chi connectivity index (χ0n) is 16.4. The highest BCUT2D eigenvalue weighted by Gasteiger charge is 2.13. The van der Waals surface area contributed by atoms with Crippen molar-refractivity contribution in [2.24, 2.45) is 4.99 Å². The fraction of sp³-hybridized carbons (Fsp3) is 0.381. The van der Waals surface area contributed by atoms with Crippen LogP contribution in [0.15, 0.2) is 47.5 Å². The van der Waals surface area contributed by atoms with Gasteiger partial charge >= 0.3 is 0 Å². The third kappa shape index (κ3) is 6.27. The molecule has 0 amide bonds. The molecule has 1 heterocycles. The fourth-order valence-electron chi connectivity index (χ4n) is 2.90. The van der Waals surface area contributed by atoms with Gasteiger partial charge in [0.05, 0.1) is 6.61 Å². The molecule has 3 rings (SSSR count). The second kappa shape index (κ2) is 11.8. The van der Waals surface area contributed by atoms with Gasteiger partial charge in [0.1, 0.15) is 0 Å². The van der Waals surface area contributed by atoms with Gasteiger partial charge in [-0.15, -0.1) is 24.0 Å². The topological polar surface area (TPSA) is 64.1 Å². The van der Waals surface area contributed by atoms with Gasteiger partial charge in [0, 0.05) is 26.7 Å². The Hall–Kier alpha value is -2.00. The number of benzene rings is 2. The molecular weight excluding hydrogens is 469 g/mol. The van der Waals surface area contributed by atoms with E-state index in [1.54, 1.807) is 7.05 Å². The Morgan fingerprint density at radius 3 is 2.64 bits per heavy atom. The summed E-state index contributed by atoms with van der Waals surface area (Å²) in [5.74, 6) is 2.41. The number of halogens is 1. The zero-order valence-corrected chi connectivity index (χ0v) is 18.7. The standard InChI is InChI=1S/C21H27N3O3.HI/c1-3-25-14-18-7-5-4-6-17(18)13-24-21(22-2)23-11-10-16-8-9-19-20(12-16)27-15-26-19;/h4-9,12H,3,10-11,13-15H2,1-2H3,(H2,22,23,24);1H. The molecule has 28 heavy (non-hydrogen) atoms. The number of hydrogen-bond acceptors (Lipinski definition) is 4. The maximum Gasteiger partial charge on any atom is 0.231 e. The van der Waals surface area contributed by atoms with E-state index in [9.17, 15) is 0 Å². The molecular formula is C21H28IN3O3. The molecule has 0 saturated carbocycles. The quantitative estimate of drug-likeness (QED) is 0.332. The van der Waals surface area contributed by atoms with Crippen molar-refractivity contribution in [1.82, 2.24) is 10.6 Å². The molecule has 7 heteroatoms. The Morgan fingerprint density at radius 1 is 1.07 bits per heavy atom. The zero-order chi connectivity index (χ0) is 18.9. The summed E-state index contributed by atoms with van der Waals surface area (Å²) in [5, 5.41) is 6.72. The van der Waals surface area contributed by atoms with Crippen molar-refractivity contribution in [2.45, 2.75) is 26.5 Å². The SMILES string of the molecule is CCOCc1ccccc1CNC(=NC)NCCc1ccc2c(c1)OCO2.I. The van der Waals surface area contributed by atoms with Crippen LogP contribution >= 0.6 is 24.0 Å². The molecule has 152 valence electrons. The number of hydrogen-bond donors (Lipinski definition) is 2. The third-order valence-electron chi connectivity index (χ3n) is 4.39. The Balaban J connectivity index is 0.00000280. The summed E-state index contributed by atoms with van der Waals surface area (Å²) in [7, 11) is 1.78. The lowest BCUT2D eigenvalue weighted by atomic mass is 10.1. The summed E-state index contributed by atoms with van der Waals surface area (Å²) in [6, 6.07) is 14.3. The second-order valence-electron chi connectivity index (χ2n) is 6.20. The van der Waals surface area contributed by atoms with E-state index in [0.717, 1.165) is 30.4 Å². The molecule has 0 aliphatic carbocycles. The number of aliphatic imine (C=N–C) groups is 1. The van der Waals surface area contributed by atoms with Gasteiger partial charge in [-0.3, -0.25) is 4.99 Å². The van der Waals surface area contributed by atoms with Gasteiger partial charge < -0.3 is 24.8 Å². The summed E-state index contributed by atoms with van der Waals surface area (Å²) in [6.07, 6.45) is 0.873. The van der Waals surface area contributed by atoms with Gasteiger partial charge in [0.25, 0.3) is 0 Å². The van der Waals surface area contributed by atoms with Gasteiger partial charge in [-0.1, -0.05) is 30.3 Å². The molecule has 1 aliphatic heterocycles. The monoisotopic (exact) mass is 497 g/mol. The maximum atomic E-state index is 5.55.